The summed E-state index contributed by atoms with van der Waals surface area (Å²) in [4.78, 5) is 82.9. The van der Waals surface area contributed by atoms with Crippen LogP contribution in [0.3, 0.4) is 0 Å². The van der Waals surface area contributed by atoms with Gasteiger partial charge in [0.15, 0.2) is 11.7 Å². The van der Waals surface area contributed by atoms with Crippen molar-refractivity contribution in [3.63, 3.8) is 0 Å². The summed E-state index contributed by atoms with van der Waals surface area (Å²) in [6.45, 7) is 15.8. The average Bonchev–Trinajstić information content (AvgIpc) is 3.13. The molecule has 3 unspecified atom stereocenters. The molecule has 1 heterocycles. The molecule has 3 aliphatic rings. The molecule has 59 heavy (non-hydrogen) atoms. The quantitative estimate of drug-likeness (QED) is 0.0702. The number of esters is 3. The molecule has 2 bridgehead atoms. The van der Waals surface area contributed by atoms with Crippen molar-refractivity contribution in [2.45, 2.75) is 130 Å². The molecule has 4 rings (SSSR count). The number of hydrogen-bond donors (Lipinski definition) is 3. The van der Waals surface area contributed by atoms with Crippen molar-refractivity contribution in [1.82, 2.24) is 5.32 Å². The number of aliphatic hydroxyl groups excluding tert-OH is 1. The minimum absolute atomic E-state index is 0.0896. The average molecular weight is 848 g/mol. The third-order valence-corrected chi connectivity index (χ3v) is 11.9. The minimum Gasteiger partial charge on any atom is -0.460 e. The van der Waals surface area contributed by atoms with Gasteiger partial charge >= 0.3 is 24.0 Å². The van der Waals surface area contributed by atoms with Gasteiger partial charge in [-0.25, -0.2) is 14.4 Å². The third-order valence-electron chi connectivity index (χ3n) is 11.5. The van der Waals surface area contributed by atoms with Crippen LogP contribution in [0.2, 0.25) is 0 Å². The molecular formula is C43H61NO14S. The second kappa shape index (κ2) is 18.8. The second-order valence-corrected chi connectivity index (χ2v) is 18.6. The van der Waals surface area contributed by atoms with Crippen molar-refractivity contribution in [3.8, 4) is 0 Å². The Hall–Kier alpha value is -3.83. The number of thioether (sulfide) groups is 1. The molecule has 1 amide bonds. The lowest BCUT2D eigenvalue weighted by Crippen LogP contribution is -2.69. The second-order valence-electron chi connectivity index (χ2n) is 17.8. The lowest BCUT2D eigenvalue weighted by molar-refractivity contribution is -0.245. The Bertz CT molecular complexity index is 1770. The molecule has 328 valence electrons. The lowest BCUT2D eigenvalue weighted by Gasteiger charge is -2.58. The van der Waals surface area contributed by atoms with E-state index in [-0.39, 0.29) is 43.1 Å². The number of amides is 1. The number of nitrogens with one attached hydrogen (secondary N) is 1. The van der Waals surface area contributed by atoms with Crippen molar-refractivity contribution in [2.24, 2.45) is 29.1 Å². The molecule has 0 aromatic heterocycles. The zero-order chi connectivity index (χ0) is 44.2. The molecule has 0 spiro atoms. The molecule has 1 saturated heterocycles. The number of ketones is 2. The van der Waals surface area contributed by atoms with Gasteiger partial charge in [-0.1, -0.05) is 59.7 Å². The van der Waals surface area contributed by atoms with E-state index in [0.717, 1.165) is 0 Å². The van der Waals surface area contributed by atoms with E-state index in [1.807, 2.05) is 20.1 Å². The first-order chi connectivity index (χ1) is 27.4. The number of fused-ring (bicyclic) bond motifs is 2. The molecule has 0 radical (unpaired) electrons. The molecule has 1 aromatic carbocycles. The normalized spacial score (nSPS) is 29.0. The fourth-order valence-electron chi connectivity index (χ4n) is 8.59. The van der Waals surface area contributed by atoms with Crippen molar-refractivity contribution in [3.05, 3.63) is 47.2 Å². The Morgan fingerprint density at radius 2 is 1.69 bits per heavy atom. The van der Waals surface area contributed by atoms with Gasteiger partial charge in [0.25, 0.3) is 0 Å². The van der Waals surface area contributed by atoms with Crippen LogP contribution in [-0.4, -0.2) is 112 Å². The summed E-state index contributed by atoms with van der Waals surface area (Å²) in [5, 5.41) is 27.4. The first kappa shape index (κ1) is 47.8. The number of ether oxygens (including phenoxy) is 6. The van der Waals surface area contributed by atoms with Crippen LogP contribution in [0.4, 0.5) is 4.79 Å². The summed E-state index contributed by atoms with van der Waals surface area (Å²) >= 11 is 1.45. The molecule has 15 nitrogen and oxygen atoms in total. The smallest absolute Gasteiger partial charge is 0.407 e. The maximum atomic E-state index is 14.6. The van der Waals surface area contributed by atoms with Gasteiger partial charge in [0.2, 0.25) is 11.6 Å². The van der Waals surface area contributed by atoms with E-state index >= 15 is 0 Å². The molecular weight excluding hydrogens is 787 g/mol. The highest BCUT2D eigenvalue weighted by molar-refractivity contribution is 7.98. The fourth-order valence-corrected chi connectivity index (χ4v) is 8.87. The van der Waals surface area contributed by atoms with Crippen molar-refractivity contribution in [1.29, 1.82) is 0 Å². The van der Waals surface area contributed by atoms with Crippen molar-refractivity contribution in [2.75, 3.05) is 25.4 Å². The maximum Gasteiger partial charge on any atom is 0.407 e. The topological polar surface area (TPSA) is 210 Å². The Morgan fingerprint density at radius 3 is 2.24 bits per heavy atom. The van der Waals surface area contributed by atoms with Gasteiger partial charge in [-0.05, 0) is 51.5 Å². The van der Waals surface area contributed by atoms with Gasteiger partial charge in [0.05, 0.1) is 36.7 Å². The molecule has 1 aliphatic heterocycles. The van der Waals surface area contributed by atoms with Crippen LogP contribution >= 0.6 is 11.8 Å². The van der Waals surface area contributed by atoms with Gasteiger partial charge in [-0.3, -0.25) is 14.4 Å². The van der Waals surface area contributed by atoms with Gasteiger partial charge < -0.3 is 44.0 Å². The van der Waals surface area contributed by atoms with Crippen LogP contribution in [0.25, 0.3) is 0 Å². The SMILES string of the molecule is CSCOCC[C@H]1OC[C@@]1(OC(C)=O)C1=C(OC(=O)c2ccccc2)[C@]2(O)C[C@H](OC(=O)[C@H](O)[C@H](CC(C)C)NC(=O)OC(C)(C)C)C(C)C(C(=O)C(=O)C1C)C2(C)C. The molecule has 9 atom stereocenters. The zero-order valence-electron chi connectivity index (χ0n) is 35.9. The molecule has 1 saturated carbocycles. The monoisotopic (exact) mass is 847 g/mol. The highest BCUT2D eigenvalue weighted by atomic mass is 32.2. The minimum atomic E-state index is -2.38. The summed E-state index contributed by atoms with van der Waals surface area (Å²) in [6, 6.07) is 6.76. The number of alkyl carbamates (subject to hydrolysis) is 1. The van der Waals surface area contributed by atoms with Gasteiger partial charge in [-0.15, -0.1) is 11.8 Å². The molecule has 2 aliphatic carbocycles. The van der Waals surface area contributed by atoms with Crippen LogP contribution < -0.4 is 5.32 Å². The van der Waals surface area contributed by atoms with Crippen molar-refractivity contribution < 1.29 is 67.4 Å². The van der Waals surface area contributed by atoms with Crippen molar-refractivity contribution >= 4 is 47.3 Å². The number of rotatable bonds is 15. The summed E-state index contributed by atoms with van der Waals surface area (Å²) < 4.78 is 35.3. The maximum absolute atomic E-state index is 14.6. The fraction of sp³-hybridized carbons (Fsp3) is 0.674. The number of hydrogen-bond acceptors (Lipinski definition) is 15. The van der Waals surface area contributed by atoms with Gasteiger partial charge in [-0.2, -0.15) is 0 Å². The van der Waals surface area contributed by atoms with E-state index in [1.54, 1.807) is 59.7 Å². The third kappa shape index (κ3) is 10.2. The number of carbonyl (C=O) groups excluding carboxylic acids is 6. The van der Waals surface area contributed by atoms with E-state index in [0.29, 0.717) is 5.94 Å². The predicted molar refractivity (Wildman–Crippen MR) is 216 cm³/mol. The Balaban J connectivity index is 1.92. The number of aliphatic hydroxyl groups is 2. The summed E-state index contributed by atoms with van der Waals surface area (Å²) in [6.07, 6.45) is -3.43. The molecule has 3 N–H and O–H groups in total. The zero-order valence-corrected chi connectivity index (χ0v) is 36.8. The summed E-state index contributed by atoms with van der Waals surface area (Å²) in [7, 11) is 0. The van der Waals surface area contributed by atoms with Crippen LogP contribution in [0.1, 0.15) is 98.9 Å². The highest BCUT2D eigenvalue weighted by Gasteiger charge is 2.69. The first-order valence-corrected chi connectivity index (χ1v) is 21.4. The van der Waals surface area contributed by atoms with E-state index in [9.17, 15) is 39.0 Å². The summed E-state index contributed by atoms with van der Waals surface area (Å²) in [5.41, 5.74) is -6.70. The Kier molecular flexibility index (Phi) is 15.3. The Morgan fingerprint density at radius 1 is 1.05 bits per heavy atom. The van der Waals surface area contributed by atoms with E-state index in [4.69, 9.17) is 28.4 Å². The van der Waals surface area contributed by atoms with Gasteiger partial charge in [0, 0.05) is 42.6 Å². The molecule has 2 fully saturated rings. The molecule has 1 aromatic rings. The first-order valence-electron chi connectivity index (χ1n) is 20.0. The van der Waals surface area contributed by atoms with E-state index in [2.05, 4.69) is 5.32 Å². The van der Waals surface area contributed by atoms with Crippen LogP contribution in [-0.2, 0) is 47.6 Å². The molecule has 16 heteroatoms. The largest absolute Gasteiger partial charge is 0.460 e. The van der Waals surface area contributed by atoms with E-state index in [1.165, 1.54) is 37.7 Å². The predicted octanol–water partition coefficient (Wildman–Crippen LogP) is 4.94. The number of benzene rings is 1. The van der Waals surface area contributed by atoms with Gasteiger partial charge in [0.1, 0.15) is 29.2 Å². The van der Waals surface area contributed by atoms with Crippen LogP contribution in [0.5, 0.6) is 0 Å². The van der Waals surface area contributed by atoms with Crippen LogP contribution in [0.15, 0.2) is 41.7 Å². The lowest BCUT2D eigenvalue weighted by atomic mass is 9.50. The number of carbonyl (C=O) groups is 6. The standard InChI is InChI=1S/C43H61NO14S/c1-23(2)19-28(44-39(51)58-40(6,7)8)34(47)38(50)55-29-20-43(52)36(56-37(49)27-15-13-12-14-16-27)32(25(4)33(46)35(48)31(24(29)3)41(43,9)10)42(57-26(5)45)21-54-30(42)17-18-53-22-59-11/h12-16,23-25,28-31,34,47,52H,17-22H2,1-11H3,(H,44,51)/t24?,25?,28-,29-,30+,31?,34+,42-,43+/m0/s1. The van der Waals surface area contributed by atoms with E-state index < -0.39 is 112 Å². The van der Waals surface area contributed by atoms with Crippen LogP contribution in [0, 0.1) is 29.1 Å². The Labute approximate surface area is 350 Å². The number of Topliss-reactive ketones (excluding diaryl/α,β-unsaturated/α-hetero) is 2. The highest BCUT2D eigenvalue weighted by Crippen LogP contribution is 2.59. The summed E-state index contributed by atoms with van der Waals surface area (Å²) in [5.74, 6) is -8.47.